The lowest BCUT2D eigenvalue weighted by atomic mass is 10.1. The lowest BCUT2D eigenvalue weighted by Crippen LogP contribution is -2.43. The zero-order valence-electron chi connectivity index (χ0n) is 13.4. The summed E-state index contributed by atoms with van der Waals surface area (Å²) in [5, 5.41) is 12.4. The largest absolute Gasteiger partial charge is 0.445 e. The van der Waals surface area contributed by atoms with Gasteiger partial charge in [-0.3, -0.25) is 0 Å². The fourth-order valence-corrected chi connectivity index (χ4v) is 3.32. The molecule has 2 aliphatic rings. The van der Waals surface area contributed by atoms with E-state index in [1.807, 2.05) is 44.2 Å². The van der Waals surface area contributed by atoms with Crippen molar-refractivity contribution >= 4 is 6.09 Å². The smallest absolute Gasteiger partial charge is 0.407 e. The number of hydrogen-bond donors (Lipinski definition) is 2. The van der Waals surface area contributed by atoms with Crippen molar-refractivity contribution in [3.8, 4) is 0 Å². The van der Waals surface area contributed by atoms with E-state index < -0.39 is 11.9 Å². The van der Waals surface area contributed by atoms with Crippen molar-refractivity contribution < 1.29 is 24.1 Å². The van der Waals surface area contributed by atoms with Crippen LogP contribution in [-0.4, -0.2) is 41.8 Å². The molecule has 1 saturated heterocycles. The maximum absolute atomic E-state index is 12.0. The molecule has 1 unspecified atom stereocenters. The van der Waals surface area contributed by atoms with Gasteiger partial charge >= 0.3 is 6.09 Å². The molecule has 3 rings (SSSR count). The van der Waals surface area contributed by atoms with Gasteiger partial charge in [0.2, 0.25) is 0 Å². The van der Waals surface area contributed by atoms with Gasteiger partial charge in [0, 0.05) is 12.5 Å². The van der Waals surface area contributed by atoms with Crippen molar-refractivity contribution in [1.29, 1.82) is 0 Å². The molecule has 1 saturated carbocycles. The number of alkyl carbamates (subject to hydrolysis) is 1. The molecule has 1 amide bonds. The third-order valence-electron chi connectivity index (χ3n) is 4.33. The summed E-state index contributed by atoms with van der Waals surface area (Å²) >= 11 is 0. The molecule has 6 heteroatoms. The van der Waals surface area contributed by atoms with E-state index in [1.165, 1.54) is 0 Å². The molecule has 0 aromatic heterocycles. The fraction of sp³-hybridized carbons (Fsp3) is 0.588. The Morgan fingerprint density at radius 2 is 2.00 bits per heavy atom. The van der Waals surface area contributed by atoms with Gasteiger partial charge in [0.15, 0.2) is 5.79 Å². The Bertz CT molecular complexity index is 547. The summed E-state index contributed by atoms with van der Waals surface area (Å²) in [6.07, 6.45) is -0.326. The standard InChI is InChI=1S/C17H23NO5/c1-17(2)22-14-12(9-19)8-13(15(14)23-17)18-16(20)21-10-11-6-4-3-5-7-11/h3-7,12-15,19H,8-10H2,1-2H3,(H,18,20)/t12-,13?,14-,15+/m1/s1. The molecule has 1 aliphatic carbocycles. The molecule has 2 fully saturated rings. The van der Waals surface area contributed by atoms with Crippen molar-refractivity contribution in [3.05, 3.63) is 35.9 Å². The number of benzene rings is 1. The van der Waals surface area contributed by atoms with Crippen LogP contribution in [0.2, 0.25) is 0 Å². The average molecular weight is 321 g/mol. The van der Waals surface area contributed by atoms with Gasteiger partial charge in [-0.1, -0.05) is 30.3 Å². The molecule has 6 nitrogen and oxygen atoms in total. The number of aliphatic hydroxyl groups excluding tert-OH is 1. The highest BCUT2D eigenvalue weighted by Gasteiger charge is 2.54. The van der Waals surface area contributed by atoms with Gasteiger partial charge in [-0.25, -0.2) is 4.79 Å². The first-order valence-electron chi connectivity index (χ1n) is 7.92. The quantitative estimate of drug-likeness (QED) is 0.884. The van der Waals surface area contributed by atoms with Gasteiger partial charge in [0.05, 0.1) is 12.1 Å². The number of aliphatic hydroxyl groups is 1. The van der Waals surface area contributed by atoms with Gasteiger partial charge < -0.3 is 24.6 Å². The number of rotatable bonds is 4. The third-order valence-corrected chi connectivity index (χ3v) is 4.33. The maximum atomic E-state index is 12.0. The summed E-state index contributed by atoms with van der Waals surface area (Å²) in [5.74, 6) is -0.738. The number of carbonyl (C=O) groups is 1. The normalized spacial score (nSPS) is 31.6. The predicted octanol–water partition coefficient (Wildman–Crippen LogP) is 1.81. The Morgan fingerprint density at radius 1 is 1.30 bits per heavy atom. The van der Waals surface area contributed by atoms with Crippen LogP contribution in [0.5, 0.6) is 0 Å². The summed E-state index contributed by atoms with van der Waals surface area (Å²) < 4.78 is 17.0. The van der Waals surface area contributed by atoms with Crippen LogP contribution < -0.4 is 5.32 Å². The SMILES string of the molecule is CC1(C)O[C@@H]2[C@@H](CO)CC(NC(=O)OCc3ccccc3)[C@@H]2O1. The highest BCUT2D eigenvalue weighted by molar-refractivity contribution is 5.67. The van der Waals surface area contributed by atoms with Crippen molar-refractivity contribution in [2.75, 3.05) is 6.61 Å². The minimum atomic E-state index is -0.697. The molecule has 0 radical (unpaired) electrons. The second-order valence-electron chi connectivity index (χ2n) is 6.56. The van der Waals surface area contributed by atoms with Crippen LogP contribution in [0.3, 0.4) is 0 Å². The van der Waals surface area contributed by atoms with E-state index in [2.05, 4.69) is 5.32 Å². The Labute approximate surface area is 135 Å². The fourth-order valence-electron chi connectivity index (χ4n) is 3.32. The molecule has 4 atom stereocenters. The molecular weight excluding hydrogens is 298 g/mol. The maximum Gasteiger partial charge on any atom is 0.407 e. The number of nitrogens with one attached hydrogen (secondary N) is 1. The molecule has 1 aromatic carbocycles. The van der Waals surface area contributed by atoms with Crippen LogP contribution in [0.15, 0.2) is 30.3 Å². The lowest BCUT2D eigenvalue weighted by molar-refractivity contribution is -0.160. The summed E-state index contributed by atoms with van der Waals surface area (Å²) in [4.78, 5) is 12.0. The number of ether oxygens (including phenoxy) is 3. The first-order chi connectivity index (χ1) is 11.0. The van der Waals surface area contributed by atoms with E-state index in [0.29, 0.717) is 6.42 Å². The molecular formula is C17H23NO5. The number of hydrogen-bond acceptors (Lipinski definition) is 5. The van der Waals surface area contributed by atoms with Crippen LogP contribution in [0.25, 0.3) is 0 Å². The van der Waals surface area contributed by atoms with Gasteiger partial charge in [-0.2, -0.15) is 0 Å². The zero-order chi connectivity index (χ0) is 16.4. The second-order valence-corrected chi connectivity index (χ2v) is 6.56. The minimum Gasteiger partial charge on any atom is -0.445 e. The van der Waals surface area contributed by atoms with Gasteiger partial charge in [0.25, 0.3) is 0 Å². The van der Waals surface area contributed by atoms with Crippen LogP contribution >= 0.6 is 0 Å². The van der Waals surface area contributed by atoms with E-state index in [1.54, 1.807) is 0 Å². The topological polar surface area (TPSA) is 77.0 Å². The summed E-state index contributed by atoms with van der Waals surface area (Å²) in [6, 6.07) is 9.29. The Balaban J connectivity index is 1.56. The van der Waals surface area contributed by atoms with Crippen LogP contribution in [-0.2, 0) is 20.8 Å². The van der Waals surface area contributed by atoms with Gasteiger partial charge in [-0.05, 0) is 25.8 Å². The average Bonchev–Trinajstić information content (AvgIpc) is 3.00. The molecule has 0 spiro atoms. The van der Waals surface area contributed by atoms with Gasteiger partial charge in [0.1, 0.15) is 12.7 Å². The Kier molecular flexibility index (Phi) is 4.57. The van der Waals surface area contributed by atoms with Crippen molar-refractivity contribution in [1.82, 2.24) is 5.32 Å². The highest BCUT2D eigenvalue weighted by atomic mass is 16.8. The van der Waals surface area contributed by atoms with Crippen molar-refractivity contribution in [3.63, 3.8) is 0 Å². The molecule has 1 aromatic rings. The summed E-state index contributed by atoms with van der Waals surface area (Å²) in [6.45, 7) is 3.91. The number of fused-ring (bicyclic) bond motifs is 1. The lowest BCUT2D eigenvalue weighted by Gasteiger charge is -2.23. The Morgan fingerprint density at radius 3 is 2.70 bits per heavy atom. The zero-order valence-corrected chi connectivity index (χ0v) is 13.4. The first kappa shape index (κ1) is 16.2. The molecule has 0 bridgehead atoms. The van der Waals surface area contributed by atoms with E-state index >= 15 is 0 Å². The minimum absolute atomic E-state index is 0.0118. The van der Waals surface area contributed by atoms with Crippen molar-refractivity contribution in [2.45, 2.75) is 50.9 Å². The van der Waals surface area contributed by atoms with E-state index in [4.69, 9.17) is 14.2 Å². The Hall–Kier alpha value is -1.63. The first-order valence-corrected chi connectivity index (χ1v) is 7.92. The second kappa shape index (κ2) is 6.47. The van der Waals surface area contributed by atoms with E-state index in [-0.39, 0.29) is 37.4 Å². The van der Waals surface area contributed by atoms with E-state index in [9.17, 15) is 9.90 Å². The van der Waals surface area contributed by atoms with Gasteiger partial charge in [-0.15, -0.1) is 0 Å². The summed E-state index contributed by atoms with van der Waals surface area (Å²) in [5.41, 5.74) is 0.932. The van der Waals surface area contributed by atoms with Crippen molar-refractivity contribution in [2.24, 2.45) is 5.92 Å². The molecule has 1 heterocycles. The third kappa shape index (κ3) is 3.65. The monoisotopic (exact) mass is 321 g/mol. The number of carbonyl (C=O) groups excluding carboxylic acids is 1. The molecule has 1 aliphatic heterocycles. The van der Waals surface area contributed by atoms with Crippen LogP contribution in [0, 0.1) is 5.92 Å². The molecule has 23 heavy (non-hydrogen) atoms. The number of amides is 1. The molecule has 126 valence electrons. The molecule has 2 N–H and O–H groups in total. The van der Waals surface area contributed by atoms with Crippen LogP contribution in [0.4, 0.5) is 4.79 Å². The van der Waals surface area contributed by atoms with Crippen LogP contribution in [0.1, 0.15) is 25.8 Å². The highest BCUT2D eigenvalue weighted by Crippen LogP contribution is 2.41. The predicted molar refractivity (Wildman–Crippen MR) is 82.6 cm³/mol. The van der Waals surface area contributed by atoms with E-state index in [0.717, 1.165) is 5.56 Å². The summed E-state index contributed by atoms with van der Waals surface area (Å²) in [7, 11) is 0.